The van der Waals surface area contributed by atoms with Crippen LogP contribution in [0.4, 0.5) is 5.69 Å². The number of aliphatic hydroxyl groups excluding tert-OH is 1. The molecular weight excluding hydrogens is 492 g/mol. The van der Waals surface area contributed by atoms with E-state index in [-0.39, 0.29) is 16.7 Å². The molecule has 0 saturated carbocycles. The summed E-state index contributed by atoms with van der Waals surface area (Å²) in [6.45, 7) is 6.30. The minimum absolute atomic E-state index is 0.0521. The Hall–Kier alpha value is -4.10. The van der Waals surface area contributed by atoms with Crippen molar-refractivity contribution in [3.8, 4) is 5.75 Å². The van der Waals surface area contributed by atoms with Gasteiger partial charge in [-0.15, -0.1) is 0 Å². The Morgan fingerprint density at radius 3 is 2.49 bits per heavy atom. The van der Waals surface area contributed by atoms with E-state index < -0.39 is 23.5 Å². The van der Waals surface area contributed by atoms with Gasteiger partial charge in [-0.3, -0.25) is 19.5 Å². The van der Waals surface area contributed by atoms with Crippen LogP contribution in [0.15, 0.2) is 82.7 Å². The highest BCUT2D eigenvalue weighted by atomic mass is 35.5. The summed E-state index contributed by atoms with van der Waals surface area (Å²) in [7, 11) is 1.47. The third-order valence-electron chi connectivity index (χ3n) is 6.46. The zero-order valence-corrected chi connectivity index (χ0v) is 21.5. The minimum atomic E-state index is -0.909. The topological polar surface area (TPSA) is 92.9 Å². The molecule has 1 unspecified atom stereocenters. The average molecular weight is 517 g/mol. The first-order valence-electron chi connectivity index (χ1n) is 11.7. The van der Waals surface area contributed by atoms with E-state index in [4.69, 9.17) is 20.8 Å². The molecule has 2 aromatic carbocycles. The molecule has 1 aliphatic heterocycles. The summed E-state index contributed by atoms with van der Waals surface area (Å²) in [5, 5.41) is 12.0. The van der Waals surface area contributed by atoms with Gasteiger partial charge in [-0.25, -0.2) is 0 Å². The number of anilines is 1. The highest BCUT2D eigenvalue weighted by molar-refractivity contribution is 6.31. The molecule has 3 heterocycles. The van der Waals surface area contributed by atoms with Crippen molar-refractivity contribution in [2.75, 3.05) is 12.0 Å². The lowest BCUT2D eigenvalue weighted by Gasteiger charge is -2.27. The van der Waals surface area contributed by atoms with E-state index >= 15 is 0 Å². The van der Waals surface area contributed by atoms with Gasteiger partial charge >= 0.3 is 0 Å². The number of carbonyl (C=O) groups excluding carboxylic acids is 2. The van der Waals surface area contributed by atoms with Crippen LogP contribution in [0.2, 0.25) is 5.02 Å². The van der Waals surface area contributed by atoms with Gasteiger partial charge in [-0.2, -0.15) is 0 Å². The summed E-state index contributed by atoms with van der Waals surface area (Å²) in [5.74, 6) is -1.63. The maximum absolute atomic E-state index is 13.8. The monoisotopic (exact) mass is 516 g/mol. The lowest BCUT2D eigenvalue weighted by atomic mass is 9.87. The number of aliphatic hydroxyl groups is 1. The lowest BCUT2D eigenvalue weighted by Crippen LogP contribution is -2.31. The summed E-state index contributed by atoms with van der Waals surface area (Å²) < 4.78 is 11.2. The van der Waals surface area contributed by atoms with Crippen LogP contribution in [0.1, 0.15) is 48.5 Å². The molecular formula is C29H25ClN2O5. The van der Waals surface area contributed by atoms with Crippen LogP contribution >= 0.6 is 11.6 Å². The molecule has 0 radical (unpaired) electrons. The number of Topliss-reactive ketones (excluding diaryl/α,β-unsaturated/α-hetero) is 1. The van der Waals surface area contributed by atoms with Gasteiger partial charge < -0.3 is 14.3 Å². The molecule has 37 heavy (non-hydrogen) atoms. The number of ketones is 1. The molecule has 1 amide bonds. The SMILES string of the molecule is COc1cc(Cl)cc2cc(C(=O)C3=C(O)C(=O)N(c4ccc(C(C)(C)C)cc4)C3c3cccnc3)oc12. The van der Waals surface area contributed by atoms with Crippen molar-refractivity contribution in [1.82, 2.24) is 4.98 Å². The predicted octanol–water partition coefficient (Wildman–Crippen LogP) is 6.57. The number of carbonyl (C=O) groups is 2. The van der Waals surface area contributed by atoms with Crippen LogP contribution in [0, 0.1) is 0 Å². The third kappa shape index (κ3) is 4.25. The van der Waals surface area contributed by atoms with Gasteiger partial charge in [0, 0.05) is 34.6 Å². The molecule has 1 aliphatic rings. The third-order valence-corrected chi connectivity index (χ3v) is 6.67. The second-order valence-electron chi connectivity index (χ2n) is 9.89. The Balaban J connectivity index is 1.63. The number of methoxy groups -OCH3 is 1. The predicted molar refractivity (Wildman–Crippen MR) is 141 cm³/mol. The molecule has 0 saturated heterocycles. The normalized spacial score (nSPS) is 16.1. The maximum Gasteiger partial charge on any atom is 0.294 e. The van der Waals surface area contributed by atoms with Gasteiger partial charge in [0.2, 0.25) is 5.78 Å². The number of furan rings is 1. The molecule has 0 aliphatic carbocycles. The first-order valence-corrected chi connectivity index (χ1v) is 12.1. The number of halogens is 1. The van der Waals surface area contributed by atoms with Crippen molar-refractivity contribution in [2.45, 2.75) is 32.2 Å². The molecule has 0 bridgehead atoms. The van der Waals surface area contributed by atoms with Gasteiger partial charge in [-0.05, 0) is 46.9 Å². The van der Waals surface area contributed by atoms with E-state index in [2.05, 4.69) is 25.8 Å². The summed E-state index contributed by atoms with van der Waals surface area (Å²) in [6, 6.07) is 14.8. The van der Waals surface area contributed by atoms with Crippen LogP contribution in [0.25, 0.3) is 11.0 Å². The van der Waals surface area contributed by atoms with E-state index in [1.54, 1.807) is 36.7 Å². The van der Waals surface area contributed by atoms with Gasteiger partial charge in [0.1, 0.15) is 0 Å². The molecule has 1 N–H and O–H groups in total. The minimum Gasteiger partial charge on any atom is -0.503 e. The molecule has 4 aromatic rings. The van der Waals surface area contributed by atoms with Crippen molar-refractivity contribution in [3.05, 3.63) is 100 Å². The van der Waals surface area contributed by atoms with Crippen molar-refractivity contribution in [3.63, 3.8) is 0 Å². The second-order valence-corrected chi connectivity index (χ2v) is 10.3. The fourth-order valence-electron chi connectivity index (χ4n) is 4.56. The van der Waals surface area contributed by atoms with Crippen LogP contribution < -0.4 is 9.64 Å². The smallest absolute Gasteiger partial charge is 0.294 e. The van der Waals surface area contributed by atoms with Crippen molar-refractivity contribution >= 4 is 39.9 Å². The standard InChI is InChI=1S/C29H25ClN2O5/c1-29(2,3)18-7-9-20(10-8-18)32-24(16-6-5-11-31-15-16)23(26(34)28(32)35)25(33)21-13-17-12-19(30)14-22(36-4)27(17)37-21/h5-15,24,34H,1-4H3. The number of pyridine rings is 1. The Morgan fingerprint density at radius 1 is 1.14 bits per heavy atom. The summed E-state index contributed by atoms with van der Waals surface area (Å²) in [5.41, 5.74) is 2.36. The number of rotatable bonds is 5. The number of hydrogen-bond acceptors (Lipinski definition) is 6. The quantitative estimate of drug-likeness (QED) is 0.301. The molecule has 0 spiro atoms. The molecule has 2 aromatic heterocycles. The van der Waals surface area contributed by atoms with Crippen LogP contribution in [-0.4, -0.2) is 28.9 Å². The molecule has 5 rings (SSSR count). The fraction of sp³-hybridized carbons (Fsp3) is 0.207. The van der Waals surface area contributed by atoms with E-state index in [1.807, 2.05) is 24.3 Å². The molecule has 188 valence electrons. The van der Waals surface area contributed by atoms with Gasteiger partial charge in [0.05, 0.1) is 18.7 Å². The molecule has 1 atom stereocenters. The number of amides is 1. The van der Waals surface area contributed by atoms with Gasteiger partial charge in [0.25, 0.3) is 5.91 Å². The molecule has 7 nitrogen and oxygen atoms in total. The lowest BCUT2D eigenvalue weighted by molar-refractivity contribution is -0.117. The first-order chi connectivity index (χ1) is 17.6. The number of aromatic nitrogens is 1. The van der Waals surface area contributed by atoms with Crippen molar-refractivity contribution in [1.29, 1.82) is 0 Å². The van der Waals surface area contributed by atoms with E-state index in [0.717, 1.165) is 5.56 Å². The van der Waals surface area contributed by atoms with Gasteiger partial charge in [0.15, 0.2) is 22.9 Å². The Labute approximate surface area is 218 Å². The number of hydrogen-bond donors (Lipinski definition) is 1. The summed E-state index contributed by atoms with van der Waals surface area (Å²) in [6.07, 6.45) is 3.17. The molecule has 0 fully saturated rings. The Morgan fingerprint density at radius 2 is 1.86 bits per heavy atom. The van der Waals surface area contributed by atoms with Crippen molar-refractivity contribution < 1.29 is 23.8 Å². The highest BCUT2D eigenvalue weighted by Gasteiger charge is 2.45. The zero-order chi connectivity index (χ0) is 26.5. The zero-order valence-electron chi connectivity index (χ0n) is 20.8. The first kappa shape index (κ1) is 24.6. The number of benzene rings is 2. The second kappa shape index (κ2) is 9.09. The van der Waals surface area contributed by atoms with Crippen LogP contribution in [0.3, 0.4) is 0 Å². The van der Waals surface area contributed by atoms with Crippen LogP contribution in [0.5, 0.6) is 5.75 Å². The fourth-order valence-corrected chi connectivity index (χ4v) is 4.78. The van der Waals surface area contributed by atoms with Crippen LogP contribution in [-0.2, 0) is 10.2 Å². The Bertz CT molecular complexity index is 1550. The number of nitrogens with zero attached hydrogens (tertiary/aromatic N) is 2. The van der Waals surface area contributed by atoms with Crippen molar-refractivity contribution in [2.24, 2.45) is 0 Å². The maximum atomic E-state index is 13.8. The average Bonchev–Trinajstić information content (AvgIpc) is 3.42. The Kier molecular flexibility index (Phi) is 6.04. The van der Waals surface area contributed by atoms with E-state index in [9.17, 15) is 14.7 Å². The van der Waals surface area contributed by atoms with Gasteiger partial charge in [-0.1, -0.05) is 50.6 Å². The van der Waals surface area contributed by atoms with E-state index in [0.29, 0.717) is 33.0 Å². The largest absolute Gasteiger partial charge is 0.503 e. The summed E-state index contributed by atoms with van der Waals surface area (Å²) >= 11 is 6.18. The number of ether oxygens (including phenoxy) is 1. The van der Waals surface area contributed by atoms with E-state index in [1.165, 1.54) is 18.1 Å². The highest BCUT2D eigenvalue weighted by Crippen LogP contribution is 2.43. The summed E-state index contributed by atoms with van der Waals surface area (Å²) in [4.78, 5) is 32.8. The molecule has 8 heteroatoms. The number of fused-ring (bicyclic) bond motifs is 1.